The molecule has 3 heteroatoms. The van der Waals surface area contributed by atoms with Gasteiger partial charge in [-0.3, -0.25) is 0 Å². The van der Waals surface area contributed by atoms with E-state index in [1.165, 1.54) is 0 Å². The number of ether oxygens (including phenoxy) is 1. The standard InChI is InChI=1S/C11H8O3/c12-5-1-2-8-3-4-10-9(6-8)7-14-11(10)13/h3-4,6,12H,5,7H2. The Balaban J connectivity index is 2.37. The molecule has 1 aliphatic rings. The number of cyclic esters (lactones) is 1. The number of rotatable bonds is 0. The van der Waals surface area contributed by atoms with E-state index in [4.69, 9.17) is 9.84 Å². The van der Waals surface area contributed by atoms with Crippen LogP contribution in [0, 0.1) is 11.8 Å². The number of carbonyl (C=O) groups is 1. The van der Waals surface area contributed by atoms with Crippen LogP contribution in [0.1, 0.15) is 21.5 Å². The predicted molar refractivity (Wildman–Crippen MR) is 49.5 cm³/mol. The van der Waals surface area contributed by atoms with E-state index in [9.17, 15) is 4.79 Å². The van der Waals surface area contributed by atoms with E-state index in [2.05, 4.69) is 11.8 Å². The molecule has 0 aromatic heterocycles. The molecular formula is C11H8O3. The largest absolute Gasteiger partial charge is 0.457 e. The van der Waals surface area contributed by atoms with Gasteiger partial charge in [0.25, 0.3) is 0 Å². The Hall–Kier alpha value is -1.79. The van der Waals surface area contributed by atoms with Gasteiger partial charge in [0.1, 0.15) is 13.2 Å². The van der Waals surface area contributed by atoms with E-state index in [0.29, 0.717) is 12.2 Å². The van der Waals surface area contributed by atoms with Gasteiger partial charge in [-0.25, -0.2) is 4.79 Å². The molecule has 1 aromatic carbocycles. The number of aliphatic hydroxyl groups excluding tert-OH is 1. The third kappa shape index (κ3) is 1.48. The lowest BCUT2D eigenvalue weighted by atomic mass is 10.1. The van der Waals surface area contributed by atoms with Crippen molar-refractivity contribution in [2.24, 2.45) is 0 Å². The highest BCUT2D eigenvalue weighted by Gasteiger charge is 2.20. The Bertz CT molecular complexity index is 438. The van der Waals surface area contributed by atoms with Crippen LogP contribution in [0.15, 0.2) is 18.2 Å². The highest BCUT2D eigenvalue weighted by molar-refractivity contribution is 5.93. The lowest BCUT2D eigenvalue weighted by Crippen LogP contribution is -1.93. The van der Waals surface area contributed by atoms with Crippen molar-refractivity contribution < 1.29 is 14.6 Å². The number of esters is 1. The Morgan fingerprint density at radius 2 is 2.36 bits per heavy atom. The van der Waals surface area contributed by atoms with E-state index in [1.54, 1.807) is 12.1 Å². The van der Waals surface area contributed by atoms with Gasteiger partial charge in [-0.05, 0) is 18.2 Å². The highest BCUT2D eigenvalue weighted by atomic mass is 16.5. The predicted octanol–water partition coefficient (Wildman–Crippen LogP) is 0.701. The van der Waals surface area contributed by atoms with E-state index >= 15 is 0 Å². The van der Waals surface area contributed by atoms with Gasteiger partial charge in [0.15, 0.2) is 0 Å². The summed E-state index contributed by atoms with van der Waals surface area (Å²) in [7, 11) is 0. The Kier molecular flexibility index (Phi) is 2.21. The molecule has 3 nitrogen and oxygen atoms in total. The molecule has 1 N–H and O–H groups in total. The van der Waals surface area contributed by atoms with E-state index in [1.807, 2.05) is 6.07 Å². The van der Waals surface area contributed by atoms with Crippen LogP contribution in [0.3, 0.4) is 0 Å². The molecule has 0 atom stereocenters. The number of aliphatic hydroxyl groups is 1. The average Bonchev–Trinajstić information content (AvgIpc) is 2.57. The van der Waals surface area contributed by atoms with Crippen molar-refractivity contribution in [1.82, 2.24) is 0 Å². The van der Waals surface area contributed by atoms with Crippen molar-refractivity contribution in [3.8, 4) is 11.8 Å². The van der Waals surface area contributed by atoms with Crippen LogP contribution in [0.4, 0.5) is 0 Å². The Labute approximate surface area is 81.3 Å². The lowest BCUT2D eigenvalue weighted by molar-refractivity contribution is 0.0535. The molecule has 70 valence electrons. The second-order valence-corrected chi connectivity index (χ2v) is 2.91. The molecule has 0 bridgehead atoms. The van der Waals surface area contributed by atoms with Gasteiger partial charge >= 0.3 is 5.97 Å². The number of hydrogen-bond acceptors (Lipinski definition) is 3. The maximum Gasteiger partial charge on any atom is 0.338 e. The number of carbonyl (C=O) groups excluding carboxylic acids is 1. The normalized spacial score (nSPS) is 12.8. The first-order chi connectivity index (χ1) is 6.81. The van der Waals surface area contributed by atoms with Crippen LogP contribution >= 0.6 is 0 Å². The first-order valence-corrected chi connectivity index (χ1v) is 4.21. The van der Waals surface area contributed by atoms with Gasteiger partial charge in [-0.2, -0.15) is 0 Å². The molecule has 2 rings (SSSR count). The molecule has 0 amide bonds. The quantitative estimate of drug-likeness (QED) is 0.481. The summed E-state index contributed by atoms with van der Waals surface area (Å²) in [5.41, 5.74) is 2.26. The molecule has 1 aliphatic heterocycles. The molecule has 0 spiro atoms. The highest BCUT2D eigenvalue weighted by Crippen LogP contribution is 2.20. The van der Waals surface area contributed by atoms with Gasteiger partial charge in [0, 0.05) is 11.1 Å². The van der Waals surface area contributed by atoms with Crippen molar-refractivity contribution in [2.45, 2.75) is 6.61 Å². The van der Waals surface area contributed by atoms with Crippen molar-refractivity contribution in [3.63, 3.8) is 0 Å². The third-order valence-corrected chi connectivity index (χ3v) is 2.00. The van der Waals surface area contributed by atoms with Gasteiger partial charge in [0.2, 0.25) is 0 Å². The van der Waals surface area contributed by atoms with Crippen molar-refractivity contribution in [1.29, 1.82) is 0 Å². The van der Waals surface area contributed by atoms with Crippen molar-refractivity contribution in [3.05, 3.63) is 34.9 Å². The minimum Gasteiger partial charge on any atom is -0.457 e. The first kappa shape index (κ1) is 8.79. The maximum absolute atomic E-state index is 11.1. The summed E-state index contributed by atoms with van der Waals surface area (Å²) in [5, 5.41) is 8.51. The Morgan fingerprint density at radius 1 is 1.50 bits per heavy atom. The molecule has 0 unspecified atom stereocenters. The van der Waals surface area contributed by atoms with Crippen molar-refractivity contribution in [2.75, 3.05) is 6.61 Å². The third-order valence-electron chi connectivity index (χ3n) is 2.00. The fraction of sp³-hybridized carbons (Fsp3) is 0.182. The van der Waals surface area contributed by atoms with E-state index in [-0.39, 0.29) is 12.6 Å². The minimum absolute atomic E-state index is 0.160. The molecule has 0 aliphatic carbocycles. The number of hydrogen-bond donors (Lipinski definition) is 1. The molecule has 0 fully saturated rings. The Morgan fingerprint density at radius 3 is 3.14 bits per heavy atom. The molecule has 1 heterocycles. The molecule has 0 radical (unpaired) electrons. The van der Waals surface area contributed by atoms with Crippen LogP contribution in [0.5, 0.6) is 0 Å². The van der Waals surface area contributed by atoms with E-state index in [0.717, 1.165) is 11.1 Å². The number of benzene rings is 1. The monoisotopic (exact) mass is 188 g/mol. The maximum atomic E-state index is 11.1. The zero-order chi connectivity index (χ0) is 9.97. The molecule has 14 heavy (non-hydrogen) atoms. The topological polar surface area (TPSA) is 46.5 Å². The van der Waals surface area contributed by atoms with Crippen molar-refractivity contribution >= 4 is 5.97 Å². The van der Waals surface area contributed by atoms with Gasteiger partial charge in [-0.1, -0.05) is 11.8 Å². The van der Waals surface area contributed by atoms with Crippen LogP contribution in [0.2, 0.25) is 0 Å². The smallest absolute Gasteiger partial charge is 0.338 e. The van der Waals surface area contributed by atoms with Gasteiger partial charge < -0.3 is 9.84 Å². The summed E-state index contributed by atoms with van der Waals surface area (Å²) in [4.78, 5) is 11.1. The number of fused-ring (bicyclic) bond motifs is 1. The SMILES string of the molecule is O=C1OCc2cc(C#CCO)ccc21. The summed E-state index contributed by atoms with van der Waals surface area (Å²) in [5.74, 6) is 5.04. The van der Waals surface area contributed by atoms with Crippen LogP contribution in [-0.2, 0) is 11.3 Å². The van der Waals surface area contributed by atoms with E-state index < -0.39 is 0 Å². The molecule has 1 aromatic rings. The van der Waals surface area contributed by atoms with Gasteiger partial charge in [0.05, 0.1) is 5.56 Å². The first-order valence-electron chi connectivity index (χ1n) is 4.21. The summed E-state index contributed by atoms with van der Waals surface area (Å²) in [6, 6.07) is 5.25. The summed E-state index contributed by atoms with van der Waals surface area (Å²) >= 11 is 0. The van der Waals surface area contributed by atoms with Crippen LogP contribution in [-0.4, -0.2) is 17.7 Å². The fourth-order valence-electron chi connectivity index (χ4n) is 1.35. The summed E-state index contributed by atoms with van der Waals surface area (Å²) < 4.78 is 4.85. The molecule has 0 saturated carbocycles. The second kappa shape index (κ2) is 3.52. The van der Waals surface area contributed by atoms with Crippen LogP contribution < -0.4 is 0 Å². The molecule has 0 saturated heterocycles. The zero-order valence-electron chi connectivity index (χ0n) is 7.41. The average molecular weight is 188 g/mol. The fourth-order valence-corrected chi connectivity index (χ4v) is 1.35. The summed E-state index contributed by atoms with van der Waals surface area (Å²) in [6.07, 6.45) is 0. The van der Waals surface area contributed by atoms with Crippen LogP contribution in [0.25, 0.3) is 0 Å². The zero-order valence-corrected chi connectivity index (χ0v) is 7.41. The minimum atomic E-state index is -0.276. The lowest BCUT2D eigenvalue weighted by Gasteiger charge is -1.94. The second-order valence-electron chi connectivity index (χ2n) is 2.91. The molecular weight excluding hydrogens is 180 g/mol. The van der Waals surface area contributed by atoms with Gasteiger partial charge in [-0.15, -0.1) is 0 Å². The summed E-state index contributed by atoms with van der Waals surface area (Å²) in [6.45, 7) is 0.162.